The second-order valence-corrected chi connectivity index (χ2v) is 3.07. The monoisotopic (exact) mass is 251 g/mol. The van der Waals surface area contributed by atoms with Crippen LogP contribution >= 0.6 is 0 Å². The average molecular weight is 251 g/mol. The number of aliphatic hydroxyl groups excluding tert-OH is 1. The summed E-state index contributed by atoms with van der Waals surface area (Å²) in [4.78, 5) is 21.8. The minimum absolute atomic E-state index is 0.0677. The van der Waals surface area contributed by atoms with Gasteiger partial charge in [-0.3, -0.25) is 9.59 Å². The quantitative estimate of drug-likeness (QED) is 0.427. The Kier molecular flexibility index (Phi) is 13.4. The Hall–Kier alpha value is -1.94. The molecule has 0 aliphatic carbocycles. The number of carbonyl (C=O) groups excluding carboxylic acids is 2. The van der Waals surface area contributed by atoms with Crippen molar-refractivity contribution < 1.29 is 14.7 Å². The molecule has 0 heterocycles. The summed E-state index contributed by atoms with van der Waals surface area (Å²) in [5, 5.41) is 7.00. The highest BCUT2D eigenvalue weighted by atomic mass is 16.2. The highest BCUT2D eigenvalue weighted by Crippen LogP contribution is 2.01. The first kappa shape index (κ1) is 18.4. The van der Waals surface area contributed by atoms with Crippen LogP contribution < -0.4 is 5.73 Å². The second kappa shape index (κ2) is 13.1. The maximum Gasteiger partial charge on any atom is 0.187 e. The van der Waals surface area contributed by atoms with E-state index in [1.54, 1.807) is 25.2 Å². The molecule has 0 aromatic rings. The van der Waals surface area contributed by atoms with Crippen molar-refractivity contribution in [3.05, 3.63) is 47.7 Å². The largest absolute Gasteiger partial charge is 0.400 e. The summed E-state index contributed by atoms with van der Waals surface area (Å²) in [7, 11) is 1.00. The lowest BCUT2D eigenvalue weighted by Crippen LogP contribution is -2.04. The molecule has 0 unspecified atom stereocenters. The molecule has 4 heteroatoms. The standard InChI is InChI=1S/C13H17NO2.CH4O/c1-3-5-6-7-8-11(4-2)13(16)9-12(14)10-15;1-2/h4-10H,3,14H2,1-2H3;2H,1H3/b6-5-,8-7-,11-4+,12-9-;. The maximum atomic E-state index is 11.5. The van der Waals surface area contributed by atoms with Crippen molar-refractivity contribution in [2.45, 2.75) is 20.3 Å². The lowest BCUT2D eigenvalue weighted by molar-refractivity contribution is -0.111. The first-order valence-electron chi connectivity index (χ1n) is 5.56. The highest BCUT2D eigenvalue weighted by molar-refractivity contribution is 6.08. The van der Waals surface area contributed by atoms with Gasteiger partial charge in [-0.15, -0.1) is 0 Å². The summed E-state index contributed by atoms with van der Waals surface area (Å²) < 4.78 is 0. The summed E-state index contributed by atoms with van der Waals surface area (Å²) in [6.07, 6.45) is 11.5. The van der Waals surface area contributed by atoms with E-state index in [-0.39, 0.29) is 11.5 Å². The van der Waals surface area contributed by atoms with Crippen molar-refractivity contribution in [3.63, 3.8) is 0 Å². The Morgan fingerprint density at radius 1 is 1.28 bits per heavy atom. The molecule has 3 N–H and O–H groups in total. The van der Waals surface area contributed by atoms with Crippen LogP contribution in [0.2, 0.25) is 0 Å². The van der Waals surface area contributed by atoms with E-state index in [0.717, 1.165) is 19.6 Å². The fraction of sp³-hybridized carbons (Fsp3) is 0.286. The number of allylic oxidation sites excluding steroid dienone is 8. The number of nitrogens with two attached hydrogens (primary N) is 1. The number of hydrogen-bond donors (Lipinski definition) is 2. The van der Waals surface area contributed by atoms with Gasteiger partial charge in [-0.2, -0.15) is 0 Å². The molecule has 0 amide bonds. The Bertz CT molecular complexity index is 363. The van der Waals surface area contributed by atoms with E-state index in [2.05, 4.69) is 0 Å². The van der Waals surface area contributed by atoms with Gasteiger partial charge < -0.3 is 10.8 Å². The van der Waals surface area contributed by atoms with Crippen LogP contribution in [0.4, 0.5) is 0 Å². The molecule has 18 heavy (non-hydrogen) atoms. The Balaban J connectivity index is 0. The van der Waals surface area contributed by atoms with E-state index in [4.69, 9.17) is 10.8 Å². The minimum atomic E-state index is -0.270. The van der Waals surface area contributed by atoms with Gasteiger partial charge in [0.25, 0.3) is 0 Å². The van der Waals surface area contributed by atoms with Crippen LogP contribution in [0.25, 0.3) is 0 Å². The van der Waals surface area contributed by atoms with Crippen LogP contribution in [0.15, 0.2) is 47.7 Å². The Morgan fingerprint density at radius 3 is 2.33 bits per heavy atom. The van der Waals surface area contributed by atoms with Gasteiger partial charge in [0.1, 0.15) is 0 Å². The number of aldehydes is 1. The molecule has 0 spiro atoms. The molecule has 0 radical (unpaired) electrons. The van der Waals surface area contributed by atoms with Crippen molar-refractivity contribution in [2.75, 3.05) is 7.11 Å². The smallest absolute Gasteiger partial charge is 0.187 e. The topological polar surface area (TPSA) is 80.4 Å². The van der Waals surface area contributed by atoms with Crippen molar-refractivity contribution in [3.8, 4) is 0 Å². The predicted molar refractivity (Wildman–Crippen MR) is 73.8 cm³/mol. The summed E-state index contributed by atoms with van der Waals surface area (Å²) in [5.41, 5.74) is 5.69. The number of ketones is 1. The van der Waals surface area contributed by atoms with Crippen LogP contribution in [0.1, 0.15) is 20.3 Å². The van der Waals surface area contributed by atoms with Crippen molar-refractivity contribution in [1.29, 1.82) is 0 Å². The molecule has 0 aromatic heterocycles. The van der Waals surface area contributed by atoms with Crippen LogP contribution in [-0.2, 0) is 9.59 Å². The molecule has 0 aliphatic rings. The van der Waals surface area contributed by atoms with E-state index in [0.29, 0.717) is 11.9 Å². The number of rotatable bonds is 6. The third-order valence-corrected chi connectivity index (χ3v) is 1.79. The second-order valence-electron chi connectivity index (χ2n) is 3.07. The van der Waals surface area contributed by atoms with Crippen LogP contribution in [0.3, 0.4) is 0 Å². The first-order chi connectivity index (χ1) is 8.65. The Labute approximate surface area is 108 Å². The van der Waals surface area contributed by atoms with Gasteiger partial charge in [0.2, 0.25) is 0 Å². The van der Waals surface area contributed by atoms with Gasteiger partial charge in [0, 0.05) is 18.8 Å². The van der Waals surface area contributed by atoms with E-state index in [1.165, 1.54) is 0 Å². The van der Waals surface area contributed by atoms with Crippen LogP contribution in [0.5, 0.6) is 0 Å². The zero-order chi connectivity index (χ0) is 14.4. The molecule has 0 atom stereocenters. The number of carbonyl (C=O) groups is 2. The summed E-state index contributed by atoms with van der Waals surface area (Å²) in [6, 6.07) is 0. The lowest BCUT2D eigenvalue weighted by Gasteiger charge is -1.95. The maximum absolute atomic E-state index is 11.5. The molecule has 4 nitrogen and oxygen atoms in total. The SMILES string of the molecule is CO.C\C=C(/C=C\C=C/CC)C(=O)/C=C(\N)C=O. The van der Waals surface area contributed by atoms with Crippen LogP contribution in [-0.4, -0.2) is 24.3 Å². The van der Waals surface area contributed by atoms with Gasteiger partial charge in [-0.05, 0) is 13.3 Å². The summed E-state index contributed by atoms with van der Waals surface area (Å²) in [6.45, 7) is 3.78. The number of hydrogen-bond acceptors (Lipinski definition) is 4. The summed E-state index contributed by atoms with van der Waals surface area (Å²) >= 11 is 0. The predicted octanol–water partition coefficient (Wildman–Crippen LogP) is 1.67. The minimum Gasteiger partial charge on any atom is -0.400 e. The molecule has 100 valence electrons. The Morgan fingerprint density at radius 2 is 1.89 bits per heavy atom. The zero-order valence-electron chi connectivity index (χ0n) is 11.1. The first-order valence-corrected chi connectivity index (χ1v) is 5.56. The molecular weight excluding hydrogens is 230 g/mol. The van der Waals surface area contributed by atoms with E-state index in [9.17, 15) is 9.59 Å². The van der Waals surface area contributed by atoms with Gasteiger partial charge in [-0.25, -0.2) is 0 Å². The van der Waals surface area contributed by atoms with E-state index >= 15 is 0 Å². The fourth-order valence-corrected chi connectivity index (χ4v) is 0.963. The average Bonchev–Trinajstić information content (AvgIpc) is 2.40. The molecule has 0 fully saturated rings. The lowest BCUT2D eigenvalue weighted by atomic mass is 10.1. The molecule has 0 saturated heterocycles. The zero-order valence-corrected chi connectivity index (χ0v) is 11.1. The normalized spacial score (nSPS) is 12.4. The molecule has 0 aliphatic heterocycles. The van der Waals surface area contributed by atoms with Gasteiger partial charge >= 0.3 is 0 Å². The molecule has 0 bridgehead atoms. The van der Waals surface area contributed by atoms with Gasteiger partial charge in [0.15, 0.2) is 12.1 Å². The van der Waals surface area contributed by atoms with Gasteiger partial charge in [-0.1, -0.05) is 37.3 Å². The third-order valence-electron chi connectivity index (χ3n) is 1.79. The molecule has 0 rings (SSSR count). The van der Waals surface area contributed by atoms with Crippen molar-refractivity contribution >= 4 is 12.1 Å². The third kappa shape index (κ3) is 9.30. The number of aliphatic hydroxyl groups is 1. The van der Waals surface area contributed by atoms with Crippen molar-refractivity contribution in [2.24, 2.45) is 5.73 Å². The fourth-order valence-electron chi connectivity index (χ4n) is 0.963. The molecular formula is C14H21NO3. The van der Waals surface area contributed by atoms with E-state index in [1.807, 2.05) is 19.1 Å². The van der Waals surface area contributed by atoms with E-state index < -0.39 is 0 Å². The highest BCUT2D eigenvalue weighted by Gasteiger charge is 2.02. The molecule has 0 saturated carbocycles. The van der Waals surface area contributed by atoms with Crippen LogP contribution in [0, 0.1) is 0 Å². The van der Waals surface area contributed by atoms with Crippen molar-refractivity contribution in [1.82, 2.24) is 0 Å². The van der Waals surface area contributed by atoms with Gasteiger partial charge in [0.05, 0.1) is 5.70 Å². The molecule has 0 aromatic carbocycles. The summed E-state index contributed by atoms with van der Waals surface area (Å²) in [5.74, 6) is -0.270.